The zero-order chi connectivity index (χ0) is 22.7. The molecule has 2 N–H and O–H groups in total. The number of carbonyl (C=O) groups is 1. The van der Waals surface area contributed by atoms with Gasteiger partial charge < -0.3 is 15.4 Å². The smallest absolute Gasteiger partial charge is 0.378 e. The van der Waals surface area contributed by atoms with E-state index in [9.17, 15) is 18.0 Å². The van der Waals surface area contributed by atoms with Crippen LogP contribution >= 0.6 is 11.6 Å². The van der Waals surface area contributed by atoms with E-state index in [2.05, 4.69) is 10.6 Å². The molecule has 172 valence electrons. The SMILES string of the molecule is O=C(CCCCl)NC[C@H]1CC[C@@H]2[C@H](O1)c1cc(C(F)(F)F)ccc1N[C@H]2c1ccccc1. The fourth-order valence-corrected chi connectivity index (χ4v) is 4.75. The number of benzene rings is 2. The molecule has 0 spiro atoms. The molecule has 2 aromatic carbocycles. The average molecular weight is 467 g/mol. The summed E-state index contributed by atoms with van der Waals surface area (Å²) in [6.07, 6.45) is -2.73. The van der Waals surface area contributed by atoms with E-state index in [0.29, 0.717) is 36.5 Å². The first kappa shape index (κ1) is 22.9. The molecule has 4 nitrogen and oxygen atoms in total. The van der Waals surface area contributed by atoms with Crippen molar-refractivity contribution in [2.24, 2.45) is 5.92 Å². The Labute approximate surface area is 190 Å². The van der Waals surface area contributed by atoms with Gasteiger partial charge in [-0.3, -0.25) is 4.79 Å². The third-order valence-corrected chi connectivity index (χ3v) is 6.46. The predicted octanol–water partition coefficient (Wildman–Crippen LogP) is 5.84. The normalized spacial score (nSPS) is 24.8. The highest BCUT2D eigenvalue weighted by molar-refractivity contribution is 6.17. The number of nitrogens with one attached hydrogen (secondary N) is 2. The lowest BCUT2D eigenvalue weighted by molar-refractivity contribution is -0.138. The topological polar surface area (TPSA) is 50.4 Å². The van der Waals surface area contributed by atoms with Crippen LogP contribution < -0.4 is 10.6 Å². The Morgan fingerprint density at radius 2 is 1.94 bits per heavy atom. The maximum atomic E-state index is 13.4. The first-order valence-corrected chi connectivity index (χ1v) is 11.4. The minimum atomic E-state index is -4.43. The lowest BCUT2D eigenvalue weighted by Gasteiger charge is -2.46. The number of anilines is 1. The van der Waals surface area contributed by atoms with Crippen molar-refractivity contribution in [1.29, 1.82) is 0 Å². The quantitative estimate of drug-likeness (QED) is 0.525. The predicted molar refractivity (Wildman–Crippen MR) is 118 cm³/mol. The van der Waals surface area contributed by atoms with Crippen LogP contribution in [0.1, 0.15) is 54.5 Å². The van der Waals surface area contributed by atoms with E-state index in [1.165, 1.54) is 12.1 Å². The number of fused-ring (bicyclic) bond motifs is 3. The summed E-state index contributed by atoms with van der Waals surface area (Å²) < 4.78 is 46.5. The van der Waals surface area contributed by atoms with E-state index < -0.39 is 17.8 Å². The Kier molecular flexibility index (Phi) is 6.96. The summed E-state index contributed by atoms with van der Waals surface area (Å²) >= 11 is 5.64. The highest BCUT2D eigenvalue weighted by Gasteiger charge is 2.43. The average Bonchev–Trinajstić information content (AvgIpc) is 2.80. The van der Waals surface area contributed by atoms with Gasteiger partial charge in [-0.2, -0.15) is 13.2 Å². The van der Waals surface area contributed by atoms with E-state index in [1.807, 2.05) is 30.3 Å². The van der Waals surface area contributed by atoms with Crippen molar-refractivity contribution in [3.8, 4) is 0 Å². The highest BCUT2D eigenvalue weighted by Crippen LogP contribution is 2.51. The van der Waals surface area contributed by atoms with Gasteiger partial charge in [0.2, 0.25) is 5.91 Å². The summed E-state index contributed by atoms with van der Waals surface area (Å²) in [5, 5.41) is 6.32. The third kappa shape index (κ3) is 5.04. The first-order valence-electron chi connectivity index (χ1n) is 10.9. The van der Waals surface area contributed by atoms with Gasteiger partial charge in [0.05, 0.1) is 23.8 Å². The molecule has 8 heteroatoms. The van der Waals surface area contributed by atoms with Gasteiger partial charge >= 0.3 is 6.18 Å². The molecule has 0 unspecified atom stereocenters. The maximum Gasteiger partial charge on any atom is 0.416 e. The minimum Gasteiger partial charge on any atom is -0.378 e. The molecule has 4 atom stereocenters. The molecule has 0 aliphatic carbocycles. The number of hydrogen-bond acceptors (Lipinski definition) is 3. The number of amides is 1. The Balaban J connectivity index is 1.59. The fourth-order valence-electron chi connectivity index (χ4n) is 4.62. The zero-order valence-electron chi connectivity index (χ0n) is 17.5. The minimum absolute atomic E-state index is 0.0171. The van der Waals surface area contributed by atoms with Crippen molar-refractivity contribution in [2.45, 2.75) is 50.1 Å². The van der Waals surface area contributed by atoms with Gasteiger partial charge in [-0.1, -0.05) is 30.3 Å². The molecule has 0 aromatic heterocycles. The molecule has 2 heterocycles. The summed E-state index contributed by atoms with van der Waals surface area (Å²) in [6.45, 7) is 0.335. The maximum absolute atomic E-state index is 13.4. The summed E-state index contributed by atoms with van der Waals surface area (Å²) in [7, 11) is 0. The van der Waals surface area contributed by atoms with Crippen LogP contribution in [-0.2, 0) is 15.7 Å². The van der Waals surface area contributed by atoms with Crippen LogP contribution in [0.3, 0.4) is 0 Å². The van der Waals surface area contributed by atoms with Crippen LogP contribution in [0.5, 0.6) is 0 Å². The van der Waals surface area contributed by atoms with Gasteiger partial charge in [-0.05, 0) is 43.0 Å². The summed E-state index contributed by atoms with van der Waals surface area (Å²) in [4.78, 5) is 12.0. The molecule has 4 rings (SSSR count). The lowest BCUT2D eigenvalue weighted by Crippen LogP contribution is -2.43. The summed E-state index contributed by atoms with van der Waals surface area (Å²) in [5.41, 5.74) is 1.56. The third-order valence-electron chi connectivity index (χ3n) is 6.20. The monoisotopic (exact) mass is 466 g/mol. The Bertz CT molecular complexity index is 939. The molecular formula is C24H26ClF3N2O2. The molecular weight excluding hydrogens is 441 g/mol. The lowest BCUT2D eigenvalue weighted by atomic mass is 9.76. The second kappa shape index (κ2) is 9.71. The number of halogens is 4. The van der Waals surface area contributed by atoms with Crippen molar-refractivity contribution in [3.63, 3.8) is 0 Å². The number of carbonyl (C=O) groups excluding carboxylic acids is 1. The van der Waals surface area contributed by atoms with Gasteiger partial charge in [0.15, 0.2) is 0 Å². The van der Waals surface area contributed by atoms with E-state index in [1.54, 1.807) is 0 Å². The number of hydrogen-bond donors (Lipinski definition) is 2. The molecule has 2 aliphatic rings. The van der Waals surface area contributed by atoms with Crippen molar-refractivity contribution in [2.75, 3.05) is 17.7 Å². The van der Waals surface area contributed by atoms with Gasteiger partial charge in [0, 0.05) is 36.0 Å². The van der Waals surface area contributed by atoms with Crippen molar-refractivity contribution < 1.29 is 22.7 Å². The molecule has 2 aliphatic heterocycles. The van der Waals surface area contributed by atoms with Gasteiger partial charge in [-0.25, -0.2) is 0 Å². The van der Waals surface area contributed by atoms with Gasteiger partial charge in [-0.15, -0.1) is 11.6 Å². The molecule has 0 saturated carbocycles. The standard InChI is InChI=1S/C24H26ClF3N2O2/c25-12-4-7-21(31)29-14-17-9-10-18-22(15-5-2-1-3-6-15)30-20-11-8-16(24(26,27)28)13-19(20)23(18)32-17/h1-3,5-6,8,11,13,17-18,22-23,30H,4,7,9-10,12,14H2,(H,29,31)/t17-,18+,22+,23+/m1/s1. The first-order chi connectivity index (χ1) is 15.4. The molecule has 1 saturated heterocycles. The number of rotatable bonds is 6. The second-order valence-electron chi connectivity index (χ2n) is 8.35. The summed E-state index contributed by atoms with van der Waals surface area (Å²) in [6, 6.07) is 13.6. The van der Waals surface area contributed by atoms with Crippen molar-refractivity contribution >= 4 is 23.2 Å². The Morgan fingerprint density at radius 3 is 2.66 bits per heavy atom. The van der Waals surface area contributed by atoms with E-state index in [-0.39, 0.29) is 24.0 Å². The molecule has 32 heavy (non-hydrogen) atoms. The van der Waals surface area contributed by atoms with Crippen LogP contribution in [-0.4, -0.2) is 24.4 Å². The van der Waals surface area contributed by atoms with Crippen LogP contribution in [0.25, 0.3) is 0 Å². The molecule has 0 radical (unpaired) electrons. The van der Waals surface area contributed by atoms with Crippen molar-refractivity contribution in [1.82, 2.24) is 5.32 Å². The van der Waals surface area contributed by atoms with E-state index >= 15 is 0 Å². The zero-order valence-corrected chi connectivity index (χ0v) is 18.3. The van der Waals surface area contributed by atoms with Gasteiger partial charge in [0.1, 0.15) is 0 Å². The van der Waals surface area contributed by atoms with Crippen LogP contribution in [0.4, 0.5) is 18.9 Å². The Morgan fingerprint density at radius 1 is 1.16 bits per heavy atom. The molecule has 1 fully saturated rings. The van der Waals surface area contributed by atoms with E-state index in [0.717, 1.165) is 24.5 Å². The largest absolute Gasteiger partial charge is 0.416 e. The van der Waals surface area contributed by atoms with E-state index in [4.69, 9.17) is 16.3 Å². The highest BCUT2D eigenvalue weighted by atomic mass is 35.5. The molecule has 1 amide bonds. The number of ether oxygens (including phenoxy) is 1. The second-order valence-corrected chi connectivity index (χ2v) is 8.73. The Hall–Kier alpha value is -2.25. The fraction of sp³-hybridized carbons (Fsp3) is 0.458. The number of alkyl halides is 4. The molecule has 0 bridgehead atoms. The van der Waals surface area contributed by atoms with Crippen LogP contribution in [0.2, 0.25) is 0 Å². The van der Waals surface area contributed by atoms with Crippen LogP contribution in [0, 0.1) is 5.92 Å². The summed E-state index contributed by atoms with van der Waals surface area (Å²) in [5.74, 6) is 0.309. The van der Waals surface area contributed by atoms with Gasteiger partial charge in [0.25, 0.3) is 0 Å². The van der Waals surface area contributed by atoms with Crippen molar-refractivity contribution in [3.05, 3.63) is 65.2 Å². The van der Waals surface area contributed by atoms with Crippen LogP contribution in [0.15, 0.2) is 48.5 Å². The molecule has 2 aromatic rings.